The molecule has 57 heavy (non-hydrogen) atoms. The Labute approximate surface area is 339 Å². The molecular formula is C37H47Cl2F3N6O8S. The number of halogens is 5. The Bertz CT molecular complexity index is 2050. The number of pyridine rings is 1. The van der Waals surface area contributed by atoms with Crippen LogP contribution in [0.2, 0.25) is 10.0 Å². The number of carboxylic acid groups (broad SMARTS) is 1. The lowest BCUT2D eigenvalue weighted by Crippen LogP contribution is -2.61. The minimum absolute atomic E-state index is 0.125. The van der Waals surface area contributed by atoms with E-state index in [0.29, 0.717) is 17.7 Å². The number of carbonyl (C=O) groups is 4. The molecule has 1 saturated heterocycles. The Hall–Kier alpha value is -4.23. The summed E-state index contributed by atoms with van der Waals surface area (Å²) in [5.74, 6) is -3.20. The molecule has 0 unspecified atom stereocenters. The van der Waals surface area contributed by atoms with Crippen molar-refractivity contribution in [2.24, 2.45) is 0 Å². The van der Waals surface area contributed by atoms with Crippen LogP contribution in [0.3, 0.4) is 0 Å². The van der Waals surface area contributed by atoms with Gasteiger partial charge in [-0.2, -0.15) is 17.9 Å². The highest BCUT2D eigenvalue weighted by Gasteiger charge is 2.40. The van der Waals surface area contributed by atoms with E-state index >= 15 is 0 Å². The number of aryl methyl sites for hydroxylation is 1. The number of ether oxygens (including phenoxy) is 1. The van der Waals surface area contributed by atoms with E-state index in [9.17, 15) is 36.0 Å². The number of piperazine rings is 1. The number of hydrogen-bond acceptors (Lipinski definition) is 9. The molecule has 314 valence electrons. The van der Waals surface area contributed by atoms with Crippen LogP contribution in [0.15, 0.2) is 47.4 Å². The first kappa shape index (κ1) is 47.1. The molecule has 4 rings (SSSR count). The van der Waals surface area contributed by atoms with Crippen LogP contribution in [0.4, 0.5) is 13.2 Å². The summed E-state index contributed by atoms with van der Waals surface area (Å²) in [6.45, 7) is 7.88. The van der Waals surface area contributed by atoms with Crippen molar-refractivity contribution in [1.82, 2.24) is 29.7 Å². The number of unbranched alkanes of at least 4 members (excludes halogenated alkanes) is 1. The van der Waals surface area contributed by atoms with Gasteiger partial charge in [0.25, 0.3) is 0 Å². The topological polar surface area (TPSA) is 179 Å². The van der Waals surface area contributed by atoms with Crippen LogP contribution in [0.25, 0.3) is 10.9 Å². The number of fused-ring (bicyclic) bond motifs is 1. The fourth-order valence-corrected chi connectivity index (χ4v) is 8.12. The summed E-state index contributed by atoms with van der Waals surface area (Å²) >= 11 is 13.1. The number of benzene rings is 2. The Morgan fingerprint density at radius 2 is 1.60 bits per heavy atom. The van der Waals surface area contributed by atoms with Crippen LogP contribution in [-0.2, 0) is 35.8 Å². The number of nitrogens with zero attached hydrogens (tertiary/aromatic N) is 4. The number of hydrogen-bond donors (Lipinski definition) is 3. The Balaban J connectivity index is 0.00000113. The summed E-state index contributed by atoms with van der Waals surface area (Å²) in [4.78, 5) is 57.3. The molecule has 2 heterocycles. The van der Waals surface area contributed by atoms with Crippen molar-refractivity contribution in [1.29, 1.82) is 0 Å². The van der Waals surface area contributed by atoms with E-state index in [-0.39, 0.29) is 65.1 Å². The number of carboxylic acids is 1. The quantitative estimate of drug-likeness (QED) is 0.186. The molecule has 3 aromatic rings. The zero-order chi connectivity index (χ0) is 42.9. The van der Waals surface area contributed by atoms with E-state index in [0.717, 1.165) is 30.5 Å². The lowest BCUT2D eigenvalue weighted by Gasteiger charge is -2.39. The monoisotopic (exact) mass is 862 g/mol. The molecule has 3 N–H and O–H groups in total. The van der Waals surface area contributed by atoms with Crippen LogP contribution < -0.4 is 14.8 Å². The van der Waals surface area contributed by atoms with Crippen LogP contribution in [-0.4, -0.2) is 121 Å². The zero-order valence-corrected chi connectivity index (χ0v) is 34.7. The molecule has 0 radical (unpaired) electrons. The highest BCUT2D eigenvalue weighted by molar-refractivity contribution is 7.89. The maximum atomic E-state index is 13.7. The summed E-state index contributed by atoms with van der Waals surface area (Å²) in [5.41, 5.74) is 0.177. The molecule has 3 amide bonds. The molecule has 0 aliphatic carbocycles. The zero-order valence-electron chi connectivity index (χ0n) is 32.4. The van der Waals surface area contributed by atoms with Crippen LogP contribution in [0.5, 0.6) is 5.75 Å². The second kappa shape index (κ2) is 20.0. The average molecular weight is 864 g/mol. The minimum atomic E-state index is -5.08. The number of amides is 3. The molecule has 1 fully saturated rings. The summed E-state index contributed by atoms with van der Waals surface area (Å²) < 4.78 is 67.7. The SMILES string of the molecule is CC(=O)N[C@@H](CCCCN(C)C)C(=O)N1CCN(C(=O)C(C)(C)NS(=O)(=O)c2ccc(Cl)c(COc3cccc4ccc(C)nc34)c2Cl)CC1.O=C(O)C(F)(F)F. The summed E-state index contributed by atoms with van der Waals surface area (Å²) in [7, 11) is -0.358. The summed E-state index contributed by atoms with van der Waals surface area (Å²) in [6.07, 6.45) is -2.90. The molecule has 2 aromatic carbocycles. The van der Waals surface area contributed by atoms with Gasteiger partial charge in [-0.05, 0) is 84.9 Å². The van der Waals surface area contributed by atoms with Gasteiger partial charge in [0.05, 0.1) is 5.02 Å². The van der Waals surface area contributed by atoms with E-state index in [2.05, 4.69) is 19.9 Å². The lowest BCUT2D eigenvalue weighted by molar-refractivity contribution is -0.192. The number of sulfonamides is 1. The van der Waals surface area contributed by atoms with Gasteiger partial charge in [-0.3, -0.25) is 14.4 Å². The minimum Gasteiger partial charge on any atom is -0.487 e. The van der Waals surface area contributed by atoms with Crippen molar-refractivity contribution in [2.45, 2.75) is 76.2 Å². The summed E-state index contributed by atoms with van der Waals surface area (Å²) in [6, 6.07) is 11.4. The van der Waals surface area contributed by atoms with Gasteiger partial charge in [0.1, 0.15) is 34.3 Å². The number of rotatable bonds is 14. The maximum Gasteiger partial charge on any atom is 0.490 e. The fraction of sp³-hybridized carbons (Fsp3) is 0.486. The van der Waals surface area contributed by atoms with Crippen molar-refractivity contribution in [2.75, 3.05) is 46.8 Å². The normalized spacial score (nSPS) is 14.2. The van der Waals surface area contributed by atoms with Gasteiger partial charge in [-0.1, -0.05) is 41.4 Å². The molecule has 1 aliphatic heterocycles. The smallest absolute Gasteiger partial charge is 0.487 e. The number of nitrogens with one attached hydrogen (secondary N) is 2. The molecule has 0 bridgehead atoms. The Kier molecular flexibility index (Phi) is 16.5. The molecule has 20 heteroatoms. The molecule has 14 nitrogen and oxygen atoms in total. The van der Waals surface area contributed by atoms with Gasteiger partial charge in [0.15, 0.2) is 0 Å². The highest BCUT2D eigenvalue weighted by atomic mass is 35.5. The highest BCUT2D eigenvalue weighted by Crippen LogP contribution is 2.34. The maximum absolute atomic E-state index is 13.7. The number of alkyl halides is 3. The molecule has 0 saturated carbocycles. The predicted molar refractivity (Wildman–Crippen MR) is 209 cm³/mol. The first-order chi connectivity index (χ1) is 26.4. The van der Waals surface area contributed by atoms with E-state index in [1.54, 1.807) is 11.0 Å². The second-order valence-corrected chi connectivity index (χ2v) is 16.5. The van der Waals surface area contributed by atoms with Crippen molar-refractivity contribution < 1.29 is 50.6 Å². The van der Waals surface area contributed by atoms with E-state index in [4.69, 9.17) is 37.8 Å². The average Bonchev–Trinajstić information content (AvgIpc) is 3.11. The third-order valence-electron chi connectivity index (χ3n) is 8.70. The first-order valence-electron chi connectivity index (χ1n) is 17.7. The lowest BCUT2D eigenvalue weighted by atomic mass is 10.0. The number of aliphatic carboxylic acids is 1. The van der Waals surface area contributed by atoms with Gasteiger partial charge in [0, 0.05) is 54.8 Å². The molecular weight excluding hydrogens is 816 g/mol. The molecule has 1 aromatic heterocycles. The Morgan fingerprint density at radius 1 is 0.982 bits per heavy atom. The number of aromatic nitrogens is 1. The van der Waals surface area contributed by atoms with Crippen LogP contribution in [0, 0.1) is 6.92 Å². The molecule has 0 spiro atoms. The van der Waals surface area contributed by atoms with Gasteiger partial charge in [-0.15, -0.1) is 0 Å². The van der Waals surface area contributed by atoms with Crippen molar-refractivity contribution in [3.8, 4) is 5.75 Å². The van der Waals surface area contributed by atoms with Gasteiger partial charge >= 0.3 is 12.1 Å². The van der Waals surface area contributed by atoms with E-state index in [1.807, 2.05) is 45.3 Å². The van der Waals surface area contributed by atoms with Gasteiger partial charge in [0.2, 0.25) is 27.7 Å². The molecule has 1 aliphatic rings. The van der Waals surface area contributed by atoms with Crippen LogP contribution in [0.1, 0.15) is 51.3 Å². The largest absolute Gasteiger partial charge is 0.490 e. The van der Waals surface area contributed by atoms with Crippen molar-refractivity contribution >= 4 is 67.8 Å². The van der Waals surface area contributed by atoms with Crippen LogP contribution >= 0.6 is 23.2 Å². The predicted octanol–water partition coefficient (Wildman–Crippen LogP) is 5.03. The third kappa shape index (κ3) is 13.4. The third-order valence-corrected chi connectivity index (χ3v) is 11.3. The number of carbonyl (C=O) groups excluding carboxylic acids is 3. The van der Waals surface area contributed by atoms with E-state index in [1.165, 1.54) is 37.8 Å². The fourth-order valence-electron chi connectivity index (χ4n) is 5.86. The van der Waals surface area contributed by atoms with Crippen molar-refractivity contribution in [3.63, 3.8) is 0 Å². The van der Waals surface area contributed by atoms with Crippen molar-refractivity contribution in [3.05, 3.63) is 63.8 Å². The van der Waals surface area contributed by atoms with Gasteiger partial charge < -0.3 is 29.9 Å². The molecule has 1 atom stereocenters. The second-order valence-electron chi connectivity index (χ2n) is 14.1. The Morgan fingerprint density at radius 3 is 2.18 bits per heavy atom. The summed E-state index contributed by atoms with van der Waals surface area (Å²) in [5, 5.41) is 10.9. The van der Waals surface area contributed by atoms with Gasteiger partial charge in [-0.25, -0.2) is 18.2 Å². The number of para-hydroxylation sites is 1. The standard InChI is InChI=1S/C35H46Cl2N6O6S.C2HF3O2/c1-23-13-14-25-10-9-12-29(32(25)38-23)49-22-26-27(36)15-16-30(31(26)37)50(47,48)40-35(3,4)34(46)43-20-18-42(19-21-43)33(45)28(39-24(2)44)11-7-8-17-41(5)6;3-2(4,5)1(6)7/h9-10,12-16,28,40H,7-8,11,17-22H2,1-6H3,(H,39,44);(H,6,7)/t28-;/m0./s1. The first-order valence-corrected chi connectivity index (χ1v) is 20.0. The van der Waals surface area contributed by atoms with E-state index < -0.39 is 39.7 Å².